The third-order valence-corrected chi connectivity index (χ3v) is 5.84. The maximum absolute atomic E-state index is 12.4. The van der Waals surface area contributed by atoms with Crippen molar-refractivity contribution in [3.8, 4) is 5.75 Å². The van der Waals surface area contributed by atoms with Crippen molar-refractivity contribution in [3.05, 3.63) is 24.3 Å². The van der Waals surface area contributed by atoms with Crippen molar-refractivity contribution < 1.29 is 13.2 Å². The third-order valence-electron chi connectivity index (χ3n) is 3.94. The summed E-state index contributed by atoms with van der Waals surface area (Å²) in [4.78, 5) is 0. The summed E-state index contributed by atoms with van der Waals surface area (Å²) >= 11 is 0. The fourth-order valence-electron chi connectivity index (χ4n) is 2.62. The van der Waals surface area contributed by atoms with E-state index in [0.717, 1.165) is 12.8 Å². The molecule has 2 atom stereocenters. The molecule has 6 heteroatoms. The van der Waals surface area contributed by atoms with Gasteiger partial charge in [-0.15, -0.1) is 0 Å². The molecule has 1 aromatic carbocycles. The Hall–Kier alpha value is -1.27. The first kappa shape index (κ1) is 16.1. The highest BCUT2D eigenvalue weighted by Crippen LogP contribution is 2.25. The van der Waals surface area contributed by atoms with Crippen molar-refractivity contribution in [1.29, 1.82) is 0 Å². The minimum absolute atomic E-state index is 0.0155. The topological polar surface area (TPSA) is 72.6 Å². The molecule has 1 saturated heterocycles. The largest absolute Gasteiger partial charge is 0.490 e. The Morgan fingerprint density at radius 1 is 1.29 bits per heavy atom. The molecular formula is C15H24N2O3S. The molecule has 2 rings (SSSR count). The molecule has 21 heavy (non-hydrogen) atoms. The van der Waals surface area contributed by atoms with Crippen molar-refractivity contribution in [2.24, 2.45) is 5.92 Å². The van der Waals surface area contributed by atoms with E-state index in [0.29, 0.717) is 23.9 Å². The van der Waals surface area contributed by atoms with Crippen LogP contribution < -0.4 is 10.5 Å². The molecule has 0 spiro atoms. The number of para-hydroxylation sites is 2. The van der Waals surface area contributed by atoms with Crippen LogP contribution in [-0.4, -0.2) is 37.7 Å². The summed E-state index contributed by atoms with van der Waals surface area (Å²) < 4.78 is 32.0. The molecule has 2 unspecified atom stereocenters. The quantitative estimate of drug-likeness (QED) is 0.845. The van der Waals surface area contributed by atoms with Crippen molar-refractivity contribution in [2.75, 3.05) is 24.6 Å². The molecule has 1 aliphatic heterocycles. The number of rotatable bonds is 5. The average Bonchev–Trinajstić information content (AvgIpc) is 2.43. The Labute approximate surface area is 127 Å². The standard InChI is InChI=1S/C15H24N2O3S/c1-12-7-8-13(2)17(11-12)21(18,19)10-9-20-15-6-4-3-5-14(15)16/h3-6,12-13H,7-11,16H2,1-2H3. The zero-order valence-corrected chi connectivity index (χ0v) is 13.5. The van der Waals surface area contributed by atoms with E-state index in [9.17, 15) is 8.42 Å². The monoisotopic (exact) mass is 312 g/mol. The highest BCUT2D eigenvalue weighted by molar-refractivity contribution is 7.89. The van der Waals surface area contributed by atoms with E-state index in [4.69, 9.17) is 10.5 Å². The second kappa shape index (κ2) is 6.66. The molecule has 0 aliphatic carbocycles. The van der Waals surface area contributed by atoms with Gasteiger partial charge in [0.05, 0.1) is 11.4 Å². The van der Waals surface area contributed by atoms with Crippen LogP contribution in [-0.2, 0) is 10.0 Å². The summed E-state index contributed by atoms with van der Waals surface area (Å²) in [6.07, 6.45) is 2.01. The van der Waals surface area contributed by atoms with Gasteiger partial charge in [0.25, 0.3) is 0 Å². The van der Waals surface area contributed by atoms with E-state index >= 15 is 0 Å². The van der Waals surface area contributed by atoms with Gasteiger partial charge in [-0.1, -0.05) is 19.1 Å². The number of sulfonamides is 1. The molecule has 1 fully saturated rings. The Bertz CT molecular complexity index is 574. The van der Waals surface area contributed by atoms with Crippen LogP contribution in [0.1, 0.15) is 26.7 Å². The Kier molecular flexibility index (Phi) is 5.11. The SMILES string of the molecule is CC1CCC(C)N(S(=O)(=O)CCOc2ccccc2N)C1. The molecular weight excluding hydrogens is 288 g/mol. The van der Waals surface area contributed by atoms with Crippen LogP contribution in [0.15, 0.2) is 24.3 Å². The van der Waals surface area contributed by atoms with Gasteiger partial charge in [0, 0.05) is 12.6 Å². The van der Waals surface area contributed by atoms with E-state index < -0.39 is 10.0 Å². The molecule has 2 N–H and O–H groups in total. The van der Waals surface area contributed by atoms with Gasteiger partial charge in [0.15, 0.2) is 0 Å². The molecule has 0 amide bonds. The van der Waals surface area contributed by atoms with Crippen LogP contribution in [0, 0.1) is 5.92 Å². The number of hydrogen-bond acceptors (Lipinski definition) is 4. The highest BCUT2D eigenvalue weighted by Gasteiger charge is 2.32. The van der Waals surface area contributed by atoms with E-state index in [1.165, 1.54) is 0 Å². The first-order valence-electron chi connectivity index (χ1n) is 7.37. The minimum Gasteiger partial charge on any atom is -0.490 e. The van der Waals surface area contributed by atoms with Crippen molar-refractivity contribution in [3.63, 3.8) is 0 Å². The summed E-state index contributed by atoms with van der Waals surface area (Å²) in [7, 11) is -3.28. The normalized spacial score (nSPS) is 23.9. The zero-order chi connectivity index (χ0) is 15.5. The molecule has 5 nitrogen and oxygen atoms in total. The van der Waals surface area contributed by atoms with E-state index in [-0.39, 0.29) is 18.4 Å². The van der Waals surface area contributed by atoms with Gasteiger partial charge in [-0.2, -0.15) is 4.31 Å². The molecule has 118 valence electrons. The third kappa shape index (κ3) is 4.11. The molecule has 0 radical (unpaired) electrons. The second-order valence-corrected chi connectivity index (χ2v) is 7.84. The summed E-state index contributed by atoms with van der Waals surface area (Å²) in [6.45, 7) is 4.79. The lowest BCUT2D eigenvalue weighted by Gasteiger charge is -2.35. The van der Waals surface area contributed by atoms with E-state index in [2.05, 4.69) is 6.92 Å². The lowest BCUT2D eigenvalue weighted by Crippen LogP contribution is -2.46. The Morgan fingerprint density at radius 3 is 2.71 bits per heavy atom. The molecule has 0 bridgehead atoms. The first-order chi connectivity index (χ1) is 9.90. The van der Waals surface area contributed by atoms with Crippen LogP contribution in [0.2, 0.25) is 0 Å². The summed E-state index contributed by atoms with van der Waals surface area (Å²) in [6, 6.07) is 7.18. The molecule has 1 aliphatic rings. The number of benzene rings is 1. The number of anilines is 1. The van der Waals surface area contributed by atoms with Crippen LogP contribution in [0.5, 0.6) is 5.75 Å². The first-order valence-corrected chi connectivity index (χ1v) is 8.98. The Balaban J connectivity index is 1.93. The van der Waals surface area contributed by atoms with Gasteiger partial charge < -0.3 is 10.5 Å². The predicted octanol–water partition coefficient (Wildman–Crippen LogP) is 2.10. The maximum atomic E-state index is 12.4. The van der Waals surface area contributed by atoms with Crippen molar-refractivity contribution >= 4 is 15.7 Å². The second-order valence-electron chi connectivity index (χ2n) is 5.80. The van der Waals surface area contributed by atoms with E-state index in [1.807, 2.05) is 19.1 Å². The Morgan fingerprint density at radius 2 is 2.00 bits per heavy atom. The lowest BCUT2D eigenvalue weighted by molar-refractivity contribution is 0.216. The van der Waals surface area contributed by atoms with Gasteiger partial charge in [0.1, 0.15) is 12.4 Å². The fraction of sp³-hybridized carbons (Fsp3) is 0.600. The van der Waals surface area contributed by atoms with Gasteiger partial charge >= 0.3 is 0 Å². The number of nitrogen functional groups attached to an aromatic ring is 1. The summed E-state index contributed by atoms with van der Waals surface area (Å²) in [5.41, 5.74) is 6.29. The number of ether oxygens (including phenoxy) is 1. The van der Waals surface area contributed by atoms with Crippen molar-refractivity contribution in [2.45, 2.75) is 32.7 Å². The zero-order valence-electron chi connectivity index (χ0n) is 12.7. The molecule has 1 aromatic rings. The van der Waals surface area contributed by atoms with Crippen LogP contribution in [0.3, 0.4) is 0 Å². The minimum atomic E-state index is -3.28. The number of nitrogens with two attached hydrogens (primary N) is 1. The number of piperidine rings is 1. The van der Waals surface area contributed by atoms with E-state index in [1.54, 1.807) is 16.4 Å². The molecule has 0 saturated carbocycles. The summed E-state index contributed by atoms with van der Waals surface area (Å²) in [5, 5.41) is 0. The highest BCUT2D eigenvalue weighted by atomic mass is 32.2. The van der Waals surface area contributed by atoms with Gasteiger partial charge in [-0.05, 0) is 37.8 Å². The smallest absolute Gasteiger partial charge is 0.217 e. The van der Waals surface area contributed by atoms with Gasteiger partial charge in [-0.25, -0.2) is 8.42 Å². The van der Waals surface area contributed by atoms with Gasteiger partial charge in [0.2, 0.25) is 10.0 Å². The molecule has 0 aromatic heterocycles. The number of hydrogen-bond donors (Lipinski definition) is 1. The van der Waals surface area contributed by atoms with Crippen molar-refractivity contribution in [1.82, 2.24) is 4.31 Å². The number of nitrogens with zero attached hydrogens (tertiary/aromatic N) is 1. The molecule has 1 heterocycles. The van der Waals surface area contributed by atoms with Crippen LogP contribution in [0.4, 0.5) is 5.69 Å². The van der Waals surface area contributed by atoms with Crippen LogP contribution in [0.25, 0.3) is 0 Å². The van der Waals surface area contributed by atoms with Crippen LogP contribution >= 0.6 is 0 Å². The fourth-order valence-corrected chi connectivity index (χ4v) is 4.29. The van der Waals surface area contributed by atoms with Gasteiger partial charge in [-0.3, -0.25) is 0 Å². The maximum Gasteiger partial charge on any atom is 0.217 e. The predicted molar refractivity (Wildman–Crippen MR) is 84.7 cm³/mol. The lowest BCUT2D eigenvalue weighted by atomic mass is 9.97. The average molecular weight is 312 g/mol. The summed E-state index contributed by atoms with van der Waals surface area (Å²) in [5.74, 6) is 0.938.